The Bertz CT molecular complexity index is 59.6. The summed E-state index contributed by atoms with van der Waals surface area (Å²) in [6.07, 6.45) is 2.56. The van der Waals surface area contributed by atoms with Crippen LogP contribution in [-0.4, -0.2) is 30.9 Å². The van der Waals surface area contributed by atoms with Gasteiger partial charge in [-0.3, -0.25) is 0 Å². The number of unbranched alkanes of at least 4 members (excludes halogenated alkanes) is 1. The highest BCUT2D eigenvalue weighted by molar-refractivity contribution is 6.18. The van der Waals surface area contributed by atoms with Gasteiger partial charge < -0.3 is 4.90 Å². The lowest BCUT2D eigenvalue weighted by Gasteiger charge is -2.12. The minimum atomic E-state index is 0. The Morgan fingerprint density at radius 2 is 1.90 bits per heavy atom. The minimum Gasteiger partial charge on any atom is -0.305 e. The van der Waals surface area contributed by atoms with Crippen molar-refractivity contribution in [2.45, 2.75) is 19.8 Å². The van der Waals surface area contributed by atoms with E-state index in [-0.39, 0.29) is 12.4 Å². The van der Waals surface area contributed by atoms with Gasteiger partial charge in [0.05, 0.1) is 0 Å². The normalized spacial score (nSPS) is 9.60. The van der Waals surface area contributed by atoms with Crippen molar-refractivity contribution in [1.29, 1.82) is 0 Å². The van der Waals surface area contributed by atoms with E-state index in [1.54, 1.807) is 0 Å². The molecule has 0 saturated heterocycles. The molecule has 0 aromatic carbocycles. The van der Waals surface area contributed by atoms with Gasteiger partial charge in [-0.15, -0.1) is 24.0 Å². The summed E-state index contributed by atoms with van der Waals surface area (Å²) in [6, 6.07) is 0. The van der Waals surface area contributed by atoms with Crippen molar-refractivity contribution in [3.8, 4) is 0 Å². The zero-order chi connectivity index (χ0) is 7.11. The lowest BCUT2D eigenvalue weighted by atomic mass is 10.3. The molecule has 3 heteroatoms. The van der Waals surface area contributed by atoms with Gasteiger partial charge in [0.15, 0.2) is 0 Å². The van der Waals surface area contributed by atoms with E-state index in [9.17, 15) is 0 Å². The molecule has 0 radical (unpaired) electrons. The fourth-order valence-electron chi connectivity index (χ4n) is 0.684. The predicted octanol–water partition coefficient (Wildman–Crippen LogP) is 2.38. The van der Waals surface area contributed by atoms with Crippen molar-refractivity contribution < 1.29 is 0 Å². The number of hydrogen-bond acceptors (Lipinski definition) is 1. The van der Waals surface area contributed by atoms with Gasteiger partial charge in [0, 0.05) is 12.4 Å². The van der Waals surface area contributed by atoms with Crippen LogP contribution in [0.1, 0.15) is 19.8 Å². The van der Waals surface area contributed by atoms with E-state index in [1.165, 1.54) is 19.4 Å². The SMILES string of the molecule is CCCCN(C)CCCl.Cl. The van der Waals surface area contributed by atoms with Gasteiger partial charge in [0.1, 0.15) is 0 Å². The first-order valence-corrected chi connectivity index (χ1v) is 4.09. The second-order valence-corrected chi connectivity index (χ2v) is 2.72. The van der Waals surface area contributed by atoms with Gasteiger partial charge >= 0.3 is 0 Å². The van der Waals surface area contributed by atoms with Crippen LogP contribution in [-0.2, 0) is 0 Å². The Balaban J connectivity index is 0. The minimum absolute atomic E-state index is 0. The van der Waals surface area contributed by atoms with Crippen molar-refractivity contribution in [3.05, 3.63) is 0 Å². The van der Waals surface area contributed by atoms with Gasteiger partial charge in [-0.05, 0) is 20.0 Å². The molecule has 0 rings (SSSR count). The predicted molar refractivity (Wildman–Crippen MR) is 50.4 cm³/mol. The molecule has 0 amide bonds. The fourth-order valence-corrected chi connectivity index (χ4v) is 0.973. The molecular weight excluding hydrogens is 169 g/mol. The quantitative estimate of drug-likeness (QED) is 0.596. The topological polar surface area (TPSA) is 3.24 Å². The molecule has 1 nitrogen and oxygen atoms in total. The molecular formula is C7H17Cl2N. The van der Waals surface area contributed by atoms with Gasteiger partial charge in [-0.25, -0.2) is 0 Å². The monoisotopic (exact) mass is 185 g/mol. The Kier molecular flexibility index (Phi) is 12.5. The molecule has 0 aromatic heterocycles. The van der Waals surface area contributed by atoms with E-state index in [2.05, 4.69) is 18.9 Å². The highest BCUT2D eigenvalue weighted by Gasteiger charge is 1.93. The lowest BCUT2D eigenvalue weighted by Crippen LogP contribution is -2.21. The highest BCUT2D eigenvalue weighted by atomic mass is 35.5. The van der Waals surface area contributed by atoms with Crippen LogP contribution in [0.4, 0.5) is 0 Å². The molecule has 0 atom stereocenters. The molecule has 0 N–H and O–H groups in total. The van der Waals surface area contributed by atoms with Crippen LogP contribution in [0, 0.1) is 0 Å². The van der Waals surface area contributed by atoms with Crippen molar-refractivity contribution >= 4 is 24.0 Å². The third kappa shape index (κ3) is 8.54. The highest BCUT2D eigenvalue weighted by Crippen LogP contribution is 1.91. The first kappa shape index (κ1) is 13.2. The maximum atomic E-state index is 5.53. The maximum Gasteiger partial charge on any atom is 0.0351 e. The molecule has 0 aliphatic rings. The Hall–Kier alpha value is 0.540. The van der Waals surface area contributed by atoms with Crippen molar-refractivity contribution in [2.24, 2.45) is 0 Å². The molecule has 0 aliphatic heterocycles. The second-order valence-electron chi connectivity index (χ2n) is 2.35. The van der Waals surface area contributed by atoms with Gasteiger partial charge in [0.25, 0.3) is 0 Å². The summed E-state index contributed by atoms with van der Waals surface area (Å²) in [7, 11) is 2.11. The zero-order valence-electron chi connectivity index (χ0n) is 6.77. The van der Waals surface area contributed by atoms with E-state index in [0.717, 1.165) is 12.4 Å². The smallest absolute Gasteiger partial charge is 0.0351 e. The summed E-state index contributed by atoms with van der Waals surface area (Å²) in [4.78, 5) is 2.26. The summed E-state index contributed by atoms with van der Waals surface area (Å²) in [5, 5.41) is 0. The van der Waals surface area contributed by atoms with Crippen LogP contribution in [0.3, 0.4) is 0 Å². The number of alkyl halides is 1. The molecule has 0 saturated carbocycles. The molecule has 0 spiro atoms. The second kappa shape index (κ2) is 9.54. The van der Waals surface area contributed by atoms with Crippen molar-refractivity contribution in [3.63, 3.8) is 0 Å². The van der Waals surface area contributed by atoms with Crippen molar-refractivity contribution in [1.82, 2.24) is 4.90 Å². The third-order valence-electron chi connectivity index (χ3n) is 1.36. The van der Waals surface area contributed by atoms with E-state index in [1.807, 2.05) is 0 Å². The number of rotatable bonds is 5. The van der Waals surface area contributed by atoms with Gasteiger partial charge in [-0.1, -0.05) is 13.3 Å². The molecule has 0 aliphatic carbocycles. The Labute approximate surface area is 75.1 Å². The summed E-state index contributed by atoms with van der Waals surface area (Å²) >= 11 is 5.53. The molecule has 0 unspecified atom stereocenters. The summed E-state index contributed by atoms with van der Waals surface area (Å²) in [6.45, 7) is 4.40. The summed E-state index contributed by atoms with van der Waals surface area (Å²) < 4.78 is 0. The Morgan fingerprint density at radius 3 is 2.30 bits per heavy atom. The van der Waals surface area contributed by atoms with E-state index in [4.69, 9.17) is 11.6 Å². The number of halogens is 2. The van der Waals surface area contributed by atoms with Crippen molar-refractivity contribution in [2.75, 3.05) is 26.0 Å². The van der Waals surface area contributed by atoms with Gasteiger partial charge in [0.2, 0.25) is 0 Å². The van der Waals surface area contributed by atoms with Crippen LogP contribution < -0.4 is 0 Å². The largest absolute Gasteiger partial charge is 0.305 e. The molecule has 0 heterocycles. The fraction of sp³-hybridized carbons (Fsp3) is 1.00. The number of hydrogen-bond donors (Lipinski definition) is 0. The average molecular weight is 186 g/mol. The van der Waals surface area contributed by atoms with Crippen LogP contribution in [0.25, 0.3) is 0 Å². The van der Waals surface area contributed by atoms with Gasteiger partial charge in [-0.2, -0.15) is 0 Å². The lowest BCUT2D eigenvalue weighted by molar-refractivity contribution is 0.348. The molecule has 0 bridgehead atoms. The summed E-state index contributed by atoms with van der Waals surface area (Å²) in [5.41, 5.74) is 0. The standard InChI is InChI=1S/C7H16ClN.ClH/c1-3-4-6-9(2)7-5-8;/h3-7H2,1-2H3;1H. The molecule has 0 aromatic rings. The average Bonchev–Trinajstić information content (AvgIpc) is 1.85. The molecule has 0 fully saturated rings. The van der Waals surface area contributed by atoms with Crippen LogP contribution in [0.5, 0.6) is 0 Å². The molecule has 10 heavy (non-hydrogen) atoms. The van der Waals surface area contributed by atoms with Crippen LogP contribution in [0.2, 0.25) is 0 Å². The third-order valence-corrected chi connectivity index (χ3v) is 1.53. The first-order valence-electron chi connectivity index (χ1n) is 3.55. The van der Waals surface area contributed by atoms with Crippen LogP contribution >= 0.6 is 24.0 Å². The molecule has 64 valence electrons. The van der Waals surface area contributed by atoms with E-state index < -0.39 is 0 Å². The maximum absolute atomic E-state index is 5.53. The first-order chi connectivity index (χ1) is 4.31. The van der Waals surface area contributed by atoms with E-state index in [0.29, 0.717) is 0 Å². The Morgan fingerprint density at radius 1 is 1.30 bits per heavy atom. The summed E-state index contributed by atoms with van der Waals surface area (Å²) in [5.74, 6) is 0.750. The number of nitrogens with zero attached hydrogens (tertiary/aromatic N) is 1. The van der Waals surface area contributed by atoms with E-state index >= 15 is 0 Å². The zero-order valence-corrected chi connectivity index (χ0v) is 8.34. The van der Waals surface area contributed by atoms with Crippen LogP contribution in [0.15, 0.2) is 0 Å².